The lowest BCUT2D eigenvalue weighted by Crippen LogP contribution is -2.38. The Morgan fingerprint density at radius 2 is 2.08 bits per heavy atom. The lowest BCUT2D eigenvalue weighted by Gasteiger charge is -2.14. The molecule has 0 radical (unpaired) electrons. The van der Waals surface area contributed by atoms with Crippen LogP contribution in [0, 0.1) is 0 Å². The van der Waals surface area contributed by atoms with E-state index >= 15 is 0 Å². The molecule has 0 saturated carbocycles. The largest absolute Gasteiger partial charge is 0.497 e. The molecule has 7 nitrogen and oxygen atoms in total. The van der Waals surface area contributed by atoms with E-state index in [1.54, 1.807) is 25.3 Å². The van der Waals surface area contributed by atoms with Crippen molar-refractivity contribution < 1.29 is 24.2 Å². The summed E-state index contributed by atoms with van der Waals surface area (Å²) in [6.45, 7) is 0.182. The number of hydrogen-bond donors (Lipinski definition) is 2. The topological polar surface area (TPSA) is 95.9 Å². The van der Waals surface area contributed by atoms with Crippen LogP contribution < -0.4 is 10.1 Å². The monoisotopic (exact) mass is 334 g/mol. The maximum absolute atomic E-state index is 12.0. The smallest absolute Gasteiger partial charge is 0.303 e. The van der Waals surface area contributed by atoms with Gasteiger partial charge in [0.1, 0.15) is 5.75 Å². The fraction of sp³-hybridized carbons (Fsp3) is 0.353. The minimum Gasteiger partial charge on any atom is -0.497 e. The van der Waals surface area contributed by atoms with Crippen molar-refractivity contribution in [3.8, 4) is 5.75 Å². The average Bonchev–Trinajstić information content (AvgIpc) is 2.56. The first-order chi connectivity index (χ1) is 11.4. The molecule has 7 heteroatoms. The third-order valence-corrected chi connectivity index (χ3v) is 3.16. The number of carboxylic acids is 1. The van der Waals surface area contributed by atoms with E-state index in [0.29, 0.717) is 12.2 Å². The maximum Gasteiger partial charge on any atom is 0.303 e. The second-order valence-corrected chi connectivity index (χ2v) is 5.15. The van der Waals surface area contributed by atoms with Crippen LogP contribution in [0.25, 0.3) is 6.08 Å². The zero-order chi connectivity index (χ0) is 17.9. The Kier molecular flexibility index (Phi) is 8.04. The predicted molar refractivity (Wildman–Crippen MR) is 89.5 cm³/mol. The second kappa shape index (κ2) is 10.0. The molecule has 0 atom stereocenters. The number of nitrogens with zero attached hydrogens (tertiary/aromatic N) is 1. The van der Waals surface area contributed by atoms with Crippen LogP contribution >= 0.6 is 0 Å². The summed E-state index contributed by atoms with van der Waals surface area (Å²) in [6.07, 6.45) is 3.38. The van der Waals surface area contributed by atoms with Gasteiger partial charge >= 0.3 is 5.97 Å². The van der Waals surface area contributed by atoms with Crippen LogP contribution in [0.2, 0.25) is 0 Å². The van der Waals surface area contributed by atoms with Gasteiger partial charge in [0.05, 0.1) is 13.7 Å². The molecule has 0 saturated heterocycles. The number of methoxy groups -OCH3 is 1. The van der Waals surface area contributed by atoms with E-state index in [2.05, 4.69) is 5.32 Å². The van der Waals surface area contributed by atoms with Crippen molar-refractivity contribution in [2.24, 2.45) is 0 Å². The fourth-order valence-electron chi connectivity index (χ4n) is 1.86. The Balaban J connectivity index is 2.42. The van der Waals surface area contributed by atoms with Crippen molar-refractivity contribution in [3.63, 3.8) is 0 Å². The summed E-state index contributed by atoms with van der Waals surface area (Å²) in [4.78, 5) is 35.3. The molecule has 0 heterocycles. The van der Waals surface area contributed by atoms with Gasteiger partial charge < -0.3 is 20.1 Å². The van der Waals surface area contributed by atoms with Crippen LogP contribution in [-0.4, -0.2) is 55.0 Å². The molecule has 0 spiro atoms. The molecular formula is C17H22N2O5. The number of nitrogens with one attached hydrogen (secondary N) is 1. The Hall–Kier alpha value is -2.83. The molecule has 24 heavy (non-hydrogen) atoms. The first-order valence-electron chi connectivity index (χ1n) is 7.48. The Bertz CT molecular complexity index is 613. The van der Waals surface area contributed by atoms with Gasteiger partial charge in [0.2, 0.25) is 11.8 Å². The van der Waals surface area contributed by atoms with Crippen molar-refractivity contribution in [2.75, 3.05) is 27.2 Å². The molecule has 0 aromatic heterocycles. The molecule has 0 aliphatic heterocycles. The lowest BCUT2D eigenvalue weighted by atomic mass is 10.2. The van der Waals surface area contributed by atoms with Crippen LogP contribution in [0.1, 0.15) is 18.4 Å². The van der Waals surface area contributed by atoms with Gasteiger partial charge in [-0.05, 0) is 30.2 Å². The van der Waals surface area contributed by atoms with E-state index in [1.165, 1.54) is 18.0 Å². The van der Waals surface area contributed by atoms with Crippen LogP contribution in [-0.2, 0) is 14.4 Å². The first-order valence-corrected chi connectivity index (χ1v) is 7.48. The summed E-state index contributed by atoms with van der Waals surface area (Å²) < 4.78 is 5.10. The highest BCUT2D eigenvalue weighted by atomic mass is 16.5. The molecule has 0 aliphatic carbocycles. The van der Waals surface area contributed by atoms with Gasteiger partial charge in [-0.3, -0.25) is 14.4 Å². The number of carbonyl (C=O) groups excluding carboxylic acids is 2. The van der Waals surface area contributed by atoms with E-state index < -0.39 is 5.97 Å². The molecule has 0 bridgehead atoms. The third-order valence-electron chi connectivity index (χ3n) is 3.16. The molecule has 1 aromatic rings. The van der Waals surface area contributed by atoms with Crippen LogP contribution in [0.15, 0.2) is 30.3 Å². The number of aliphatic carboxylic acids is 1. The van der Waals surface area contributed by atoms with Crippen LogP contribution in [0.5, 0.6) is 5.75 Å². The number of benzene rings is 1. The highest BCUT2D eigenvalue weighted by Gasteiger charge is 2.10. The van der Waals surface area contributed by atoms with Gasteiger partial charge in [0.15, 0.2) is 0 Å². The summed E-state index contributed by atoms with van der Waals surface area (Å²) in [5.41, 5.74) is 0.814. The van der Waals surface area contributed by atoms with Crippen LogP contribution in [0.3, 0.4) is 0 Å². The van der Waals surface area contributed by atoms with Crippen LogP contribution in [0.4, 0.5) is 0 Å². The van der Waals surface area contributed by atoms with E-state index in [9.17, 15) is 14.4 Å². The molecule has 130 valence electrons. The molecule has 0 aliphatic rings. The fourth-order valence-corrected chi connectivity index (χ4v) is 1.86. The molecule has 0 fully saturated rings. The highest BCUT2D eigenvalue weighted by Crippen LogP contribution is 2.13. The minimum atomic E-state index is -0.903. The van der Waals surface area contributed by atoms with E-state index in [1.807, 2.05) is 12.1 Å². The second-order valence-electron chi connectivity index (χ2n) is 5.15. The van der Waals surface area contributed by atoms with E-state index in [-0.39, 0.29) is 31.3 Å². The first kappa shape index (κ1) is 19.2. The van der Waals surface area contributed by atoms with Crippen molar-refractivity contribution in [3.05, 3.63) is 35.9 Å². The number of likely N-dealkylation sites (N-methyl/N-ethyl adjacent to an activating group) is 1. The molecular weight excluding hydrogens is 312 g/mol. The molecule has 2 amide bonds. The number of hydrogen-bond acceptors (Lipinski definition) is 4. The Labute approximate surface area is 140 Å². The Morgan fingerprint density at radius 3 is 2.75 bits per heavy atom. The van der Waals surface area contributed by atoms with Crippen molar-refractivity contribution >= 4 is 23.9 Å². The van der Waals surface area contributed by atoms with E-state index in [4.69, 9.17) is 9.84 Å². The zero-order valence-electron chi connectivity index (χ0n) is 13.8. The summed E-state index contributed by atoms with van der Waals surface area (Å²) in [5.74, 6) is -0.845. The predicted octanol–water partition coefficient (Wildman–Crippen LogP) is 1.15. The van der Waals surface area contributed by atoms with Gasteiger partial charge in [-0.2, -0.15) is 0 Å². The molecule has 1 rings (SSSR count). The Morgan fingerprint density at radius 1 is 1.33 bits per heavy atom. The lowest BCUT2D eigenvalue weighted by molar-refractivity contribution is -0.137. The van der Waals surface area contributed by atoms with Gasteiger partial charge in [-0.1, -0.05) is 12.1 Å². The minimum absolute atomic E-state index is 0.00166. The van der Waals surface area contributed by atoms with E-state index in [0.717, 1.165) is 5.56 Å². The van der Waals surface area contributed by atoms with Gasteiger partial charge in [0.25, 0.3) is 0 Å². The number of ether oxygens (including phenoxy) is 1. The SMILES string of the molecule is COc1cccc(/C=C/C(=O)N(C)CC(=O)NCCCC(=O)O)c1. The number of rotatable bonds is 9. The van der Waals surface area contributed by atoms with Gasteiger partial charge in [-0.15, -0.1) is 0 Å². The number of carbonyl (C=O) groups is 3. The third kappa shape index (κ3) is 7.44. The van der Waals surface area contributed by atoms with Gasteiger partial charge in [-0.25, -0.2) is 0 Å². The highest BCUT2D eigenvalue weighted by molar-refractivity contribution is 5.94. The van der Waals surface area contributed by atoms with Crippen molar-refractivity contribution in [2.45, 2.75) is 12.8 Å². The molecule has 1 aromatic carbocycles. The molecule has 2 N–H and O–H groups in total. The number of amides is 2. The van der Waals surface area contributed by atoms with Crippen molar-refractivity contribution in [1.29, 1.82) is 0 Å². The van der Waals surface area contributed by atoms with Gasteiger partial charge in [0, 0.05) is 26.1 Å². The quantitative estimate of drug-likeness (QED) is 0.522. The standard InChI is InChI=1S/C17H22N2O5/c1-19(12-15(20)18-10-4-7-17(22)23)16(21)9-8-13-5-3-6-14(11-13)24-2/h3,5-6,8-9,11H,4,7,10,12H2,1-2H3,(H,18,20)(H,22,23)/b9-8+. The summed E-state index contributed by atoms with van der Waals surface area (Å²) in [7, 11) is 3.09. The average molecular weight is 334 g/mol. The normalized spacial score (nSPS) is 10.4. The molecule has 0 unspecified atom stereocenters. The summed E-state index contributed by atoms with van der Waals surface area (Å²) in [6, 6.07) is 7.25. The summed E-state index contributed by atoms with van der Waals surface area (Å²) >= 11 is 0. The van der Waals surface area contributed by atoms with Crippen molar-refractivity contribution in [1.82, 2.24) is 10.2 Å². The summed E-state index contributed by atoms with van der Waals surface area (Å²) in [5, 5.41) is 11.1. The maximum atomic E-state index is 12.0. The number of carboxylic acid groups (broad SMARTS) is 1. The zero-order valence-corrected chi connectivity index (χ0v) is 13.8.